The second kappa shape index (κ2) is 5.06. The van der Waals surface area contributed by atoms with Gasteiger partial charge in [0.25, 0.3) is 0 Å². The highest BCUT2D eigenvalue weighted by Gasteiger charge is 2.32. The third-order valence-corrected chi connectivity index (χ3v) is 4.28. The molecule has 1 aromatic heterocycles. The maximum atomic E-state index is 12.3. The average Bonchev–Trinajstić information content (AvgIpc) is 2.98. The first kappa shape index (κ1) is 12.8. The molecule has 1 aromatic carbocycles. The lowest BCUT2D eigenvalue weighted by Gasteiger charge is -2.25. The number of hydrogen-bond acceptors (Lipinski definition) is 4. The van der Waals surface area contributed by atoms with Crippen LogP contribution in [-0.4, -0.2) is 11.8 Å². The molecule has 0 amide bonds. The first-order chi connectivity index (χ1) is 9.66. The molecule has 1 atom stereocenters. The Hall–Kier alpha value is -2.20. The number of carbonyl (C=O) groups excluding carboxylic acids is 2. The molecular weight excluding hydrogens is 272 g/mol. The Morgan fingerprint density at radius 2 is 2.05 bits per heavy atom. The van der Waals surface area contributed by atoms with Crippen LogP contribution in [-0.2, 0) is 4.79 Å². The number of hydrogen-bond donors (Lipinski definition) is 0. The normalized spacial score (nSPS) is 17.5. The molecule has 20 heavy (non-hydrogen) atoms. The van der Waals surface area contributed by atoms with Crippen LogP contribution in [0.5, 0.6) is 5.75 Å². The van der Waals surface area contributed by atoms with Crippen LogP contribution >= 0.6 is 11.3 Å². The van der Waals surface area contributed by atoms with E-state index in [0.29, 0.717) is 16.2 Å². The maximum Gasteiger partial charge on any atom is 0.339 e. The predicted octanol–water partition coefficient (Wildman–Crippen LogP) is 3.58. The lowest BCUT2D eigenvalue weighted by Crippen LogP contribution is -2.24. The zero-order chi connectivity index (χ0) is 14.1. The van der Waals surface area contributed by atoms with Crippen LogP contribution in [0.15, 0.2) is 53.9 Å². The van der Waals surface area contributed by atoms with E-state index in [1.54, 1.807) is 18.2 Å². The van der Waals surface area contributed by atoms with E-state index in [2.05, 4.69) is 6.58 Å². The lowest BCUT2D eigenvalue weighted by molar-refractivity contribution is -0.131. The van der Waals surface area contributed by atoms with Crippen molar-refractivity contribution in [2.75, 3.05) is 0 Å². The smallest absolute Gasteiger partial charge is 0.339 e. The summed E-state index contributed by atoms with van der Waals surface area (Å²) in [7, 11) is 0. The number of carbonyl (C=O) groups is 2. The Morgan fingerprint density at radius 3 is 2.80 bits per heavy atom. The molecule has 2 heterocycles. The molecule has 4 heteroatoms. The summed E-state index contributed by atoms with van der Waals surface area (Å²) < 4.78 is 5.20. The van der Waals surface area contributed by atoms with Crippen LogP contribution in [0, 0.1) is 0 Å². The highest BCUT2D eigenvalue weighted by molar-refractivity contribution is 7.12. The fourth-order valence-corrected chi connectivity index (χ4v) is 2.99. The van der Waals surface area contributed by atoms with Gasteiger partial charge in [-0.05, 0) is 17.5 Å². The second-order valence-corrected chi connectivity index (χ2v) is 5.56. The summed E-state index contributed by atoms with van der Waals surface area (Å²) in [6.07, 6.45) is 0.242. The summed E-state index contributed by atoms with van der Waals surface area (Å²) in [5.74, 6) is -0.209. The van der Waals surface area contributed by atoms with Crippen LogP contribution in [0.2, 0.25) is 0 Å². The van der Waals surface area contributed by atoms with E-state index in [9.17, 15) is 9.59 Å². The molecule has 0 unspecified atom stereocenters. The minimum Gasteiger partial charge on any atom is -0.423 e. The van der Waals surface area contributed by atoms with E-state index in [1.807, 2.05) is 23.6 Å². The number of thiophene rings is 1. The van der Waals surface area contributed by atoms with Crippen LogP contribution in [0.4, 0.5) is 0 Å². The number of ketones is 1. The molecule has 2 aromatic rings. The summed E-state index contributed by atoms with van der Waals surface area (Å²) in [5, 5.41) is 1.87. The van der Waals surface area contributed by atoms with Gasteiger partial charge >= 0.3 is 5.97 Å². The molecule has 1 aliphatic rings. The van der Waals surface area contributed by atoms with Crippen molar-refractivity contribution in [2.45, 2.75) is 12.3 Å². The van der Waals surface area contributed by atoms with Crippen molar-refractivity contribution in [1.82, 2.24) is 0 Å². The number of ether oxygens (including phenoxy) is 1. The Morgan fingerprint density at radius 1 is 1.25 bits per heavy atom. The summed E-state index contributed by atoms with van der Waals surface area (Å²) in [5.41, 5.74) is 1.19. The quantitative estimate of drug-likeness (QED) is 0.374. The zero-order valence-electron chi connectivity index (χ0n) is 10.7. The molecule has 0 saturated carbocycles. The van der Waals surface area contributed by atoms with Crippen LogP contribution in [0.1, 0.15) is 27.6 Å². The standard InChI is InChI=1S/C16H12O3S/c1-10-12(9-13(17)15-7-4-8-20-15)11-5-2-3-6-14(11)19-16(10)18/h2-8,12H,1,9H2/t12-/m1/s1. The van der Waals surface area contributed by atoms with Crippen LogP contribution in [0.25, 0.3) is 0 Å². The van der Waals surface area contributed by atoms with Gasteiger partial charge < -0.3 is 4.74 Å². The Kier molecular flexibility index (Phi) is 3.24. The lowest BCUT2D eigenvalue weighted by atomic mass is 9.85. The van der Waals surface area contributed by atoms with Crippen LogP contribution in [0.3, 0.4) is 0 Å². The van der Waals surface area contributed by atoms with Crippen LogP contribution < -0.4 is 4.74 Å². The number of para-hydroxylation sites is 1. The third kappa shape index (κ3) is 2.18. The number of fused-ring (bicyclic) bond motifs is 1. The summed E-state index contributed by atoms with van der Waals surface area (Å²) in [6.45, 7) is 3.79. The number of esters is 1. The van der Waals surface area contributed by atoms with Gasteiger partial charge in [0.1, 0.15) is 5.75 Å². The fourth-order valence-electron chi connectivity index (χ4n) is 2.31. The molecular formula is C16H12O3S. The average molecular weight is 284 g/mol. The van der Waals surface area contributed by atoms with E-state index in [0.717, 1.165) is 5.56 Å². The summed E-state index contributed by atoms with van der Waals surface area (Å²) in [4.78, 5) is 24.8. The third-order valence-electron chi connectivity index (χ3n) is 3.37. The highest BCUT2D eigenvalue weighted by Crippen LogP contribution is 2.39. The number of Topliss-reactive ketones (excluding diaryl/α,β-unsaturated/α-hetero) is 1. The predicted molar refractivity (Wildman–Crippen MR) is 77.2 cm³/mol. The zero-order valence-corrected chi connectivity index (χ0v) is 11.5. The molecule has 0 bridgehead atoms. The molecule has 3 nitrogen and oxygen atoms in total. The van der Waals surface area contributed by atoms with Crippen molar-refractivity contribution < 1.29 is 14.3 Å². The van der Waals surface area contributed by atoms with Gasteiger partial charge in [-0.1, -0.05) is 30.8 Å². The van der Waals surface area contributed by atoms with Crippen molar-refractivity contribution in [3.8, 4) is 5.75 Å². The highest BCUT2D eigenvalue weighted by atomic mass is 32.1. The Bertz CT molecular complexity index is 686. The summed E-state index contributed by atoms with van der Waals surface area (Å²) in [6, 6.07) is 10.9. The SMILES string of the molecule is C=C1C(=O)Oc2ccccc2[C@@H]1CC(=O)c1cccs1. The molecule has 0 fully saturated rings. The Balaban J connectivity index is 1.93. The maximum absolute atomic E-state index is 12.3. The van der Waals surface area contributed by atoms with E-state index < -0.39 is 5.97 Å². The molecule has 0 N–H and O–H groups in total. The number of benzene rings is 1. The van der Waals surface area contributed by atoms with E-state index in [1.165, 1.54) is 11.3 Å². The largest absolute Gasteiger partial charge is 0.423 e. The van der Waals surface area contributed by atoms with Gasteiger partial charge in [-0.3, -0.25) is 4.79 Å². The number of rotatable bonds is 3. The van der Waals surface area contributed by atoms with Crippen molar-refractivity contribution in [1.29, 1.82) is 0 Å². The summed E-state index contributed by atoms with van der Waals surface area (Å²) >= 11 is 1.41. The van der Waals surface area contributed by atoms with E-state index in [-0.39, 0.29) is 18.1 Å². The van der Waals surface area contributed by atoms with Gasteiger partial charge in [0.05, 0.1) is 4.88 Å². The Labute approximate surface area is 120 Å². The van der Waals surface area contributed by atoms with E-state index in [4.69, 9.17) is 4.74 Å². The van der Waals surface area contributed by atoms with Crippen molar-refractivity contribution in [3.05, 3.63) is 64.4 Å². The minimum atomic E-state index is -0.451. The monoisotopic (exact) mass is 284 g/mol. The molecule has 100 valence electrons. The molecule has 0 aliphatic carbocycles. The van der Waals surface area contributed by atoms with E-state index >= 15 is 0 Å². The fraction of sp³-hybridized carbons (Fsp3) is 0.125. The van der Waals surface area contributed by atoms with Gasteiger partial charge in [-0.2, -0.15) is 0 Å². The van der Waals surface area contributed by atoms with Gasteiger partial charge in [0, 0.05) is 23.5 Å². The molecule has 0 saturated heterocycles. The van der Waals surface area contributed by atoms with Gasteiger partial charge in [-0.25, -0.2) is 4.79 Å². The van der Waals surface area contributed by atoms with Crippen molar-refractivity contribution in [2.24, 2.45) is 0 Å². The minimum absolute atomic E-state index is 0.0238. The van der Waals surface area contributed by atoms with Crippen molar-refractivity contribution >= 4 is 23.1 Å². The topological polar surface area (TPSA) is 43.4 Å². The first-order valence-electron chi connectivity index (χ1n) is 6.23. The van der Waals surface area contributed by atoms with Gasteiger partial charge in [0.15, 0.2) is 5.78 Å². The molecule has 3 rings (SSSR count). The molecule has 0 spiro atoms. The first-order valence-corrected chi connectivity index (χ1v) is 7.11. The van der Waals surface area contributed by atoms with Gasteiger partial charge in [-0.15, -0.1) is 11.3 Å². The molecule has 0 radical (unpaired) electrons. The molecule has 1 aliphatic heterocycles. The van der Waals surface area contributed by atoms with Gasteiger partial charge in [0.2, 0.25) is 0 Å². The van der Waals surface area contributed by atoms with Crippen molar-refractivity contribution in [3.63, 3.8) is 0 Å². The second-order valence-electron chi connectivity index (χ2n) is 4.61.